The summed E-state index contributed by atoms with van der Waals surface area (Å²) in [5.41, 5.74) is 5.37. The van der Waals surface area contributed by atoms with E-state index in [1.54, 1.807) is 6.20 Å². The minimum Gasteiger partial charge on any atom is -0.320 e. The number of nitrogens with one attached hydrogen (secondary N) is 1. The Morgan fingerprint density at radius 2 is 1.38 bits per heavy atom. The van der Waals surface area contributed by atoms with Crippen molar-refractivity contribution in [1.29, 1.82) is 0 Å². The van der Waals surface area contributed by atoms with E-state index in [9.17, 15) is 0 Å². The SMILES string of the molecule is c1ccc(-c2nc(N=Nc3cccc4cccnc34)[nH]c2-c2ccccc2)cc1. The molecule has 5 rings (SSSR count). The van der Waals surface area contributed by atoms with E-state index in [4.69, 9.17) is 4.98 Å². The number of rotatable bonds is 4. The number of benzene rings is 3. The van der Waals surface area contributed by atoms with Gasteiger partial charge in [-0.3, -0.25) is 4.98 Å². The summed E-state index contributed by atoms with van der Waals surface area (Å²) >= 11 is 0. The Morgan fingerprint density at radius 1 is 0.655 bits per heavy atom. The molecule has 2 heterocycles. The van der Waals surface area contributed by atoms with Gasteiger partial charge in [0.05, 0.1) is 16.9 Å². The third kappa shape index (κ3) is 3.41. The second-order valence-corrected chi connectivity index (χ2v) is 6.57. The molecule has 0 fully saturated rings. The molecule has 5 heteroatoms. The third-order valence-corrected chi connectivity index (χ3v) is 4.66. The Labute approximate surface area is 167 Å². The molecule has 0 amide bonds. The highest BCUT2D eigenvalue weighted by molar-refractivity contribution is 5.88. The highest BCUT2D eigenvalue weighted by Gasteiger charge is 2.14. The lowest BCUT2D eigenvalue weighted by atomic mass is 10.1. The van der Waals surface area contributed by atoms with Crippen LogP contribution < -0.4 is 0 Å². The molecule has 0 radical (unpaired) electrons. The predicted molar refractivity (Wildman–Crippen MR) is 115 cm³/mol. The Balaban J connectivity index is 1.59. The highest BCUT2D eigenvalue weighted by Crippen LogP contribution is 2.33. The van der Waals surface area contributed by atoms with E-state index in [0.29, 0.717) is 11.6 Å². The lowest BCUT2D eigenvalue weighted by molar-refractivity contribution is 1.13. The van der Waals surface area contributed by atoms with Crippen LogP contribution in [-0.4, -0.2) is 15.0 Å². The zero-order chi connectivity index (χ0) is 19.5. The van der Waals surface area contributed by atoms with Crippen molar-refractivity contribution < 1.29 is 0 Å². The number of hydrogen-bond donors (Lipinski definition) is 1. The van der Waals surface area contributed by atoms with Crippen molar-refractivity contribution in [2.45, 2.75) is 0 Å². The quantitative estimate of drug-likeness (QED) is 0.355. The average molecular weight is 375 g/mol. The fourth-order valence-electron chi connectivity index (χ4n) is 3.30. The number of para-hydroxylation sites is 1. The average Bonchev–Trinajstić information content (AvgIpc) is 3.23. The maximum absolute atomic E-state index is 4.72. The summed E-state index contributed by atoms with van der Waals surface area (Å²) in [4.78, 5) is 12.5. The van der Waals surface area contributed by atoms with E-state index in [1.165, 1.54) is 0 Å². The lowest BCUT2D eigenvalue weighted by Crippen LogP contribution is -1.82. The van der Waals surface area contributed by atoms with Crippen LogP contribution in [0.3, 0.4) is 0 Å². The first-order chi connectivity index (χ1) is 14.4. The third-order valence-electron chi connectivity index (χ3n) is 4.66. The number of aromatic nitrogens is 3. The van der Waals surface area contributed by atoms with Gasteiger partial charge >= 0.3 is 0 Å². The van der Waals surface area contributed by atoms with Crippen molar-refractivity contribution in [3.63, 3.8) is 0 Å². The number of azo groups is 1. The van der Waals surface area contributed by atoms with Crippen molar-refractivity contribution >= 4 is 22.5 Å². The van der Waals surface area contributed by atoms with Crippen molar-refractivity contribution in [3.05, 3.63) is 97.2 Å². The molecule has 1 N–H and O–H groups in total. The topological polar surface area (TPSA) is 66.3 Å². The van der Waals surface area contributed by atoms with Crippen LogP contribution in [0, 0.1) is 0 Å². The molecule has 0 aliphatic carbocycles. The number of hydrogen-bond acceptors (Lipinski definition) is 4. The summed E-state index contributed by atoms with van der Waals surface area (Å²) in [7, 11) is 0. The van der Waals surface area contributed by atoms with Crippen LogP contribution in [0.15, 0.2) is 107 Å². The van der Waals surface area contributed by atoms with Gasteiger partial charge in [-0.05, 0) is 12.1 Å². The number of pyridine rings is 1. The van der Waals surface area contributed by atoms with E-state index in [-0.39, 0.29) is 0 Å². The number of nitrogens with zero attached hydrogens (tertiary/aromatic N) is 4. The molecule has 0 bridgehead atoms. The summed E-state index contributed by atoms with van der Waals surface area (Å²) in [5.74, 6) is 0.454. The molecule has 0 aliphatic heterocycles. The normalized spacial score (nSPS) is 11.3. The number of H-pyrrole nitrogens is 1. The summed E-state index contributed by atoms with van der Waals surface area (Å²) in [6.45, 7) is 0. The predicted octanol–water partition coefficient (Wildman–Crippen LogP) is 6.71. The molecule has 0 atom stereocenters. The molecular weight excluding hydrogens is 358 g/mol. The van der Waals surface area contributed by atoms with E-state index in [1.807, 2.05) is 78.9 Å². The van der Waals surface area contributed by atoms with Gasteiger partial charge in [-0.15, -0.1) is 10.2 Å². The first-order valence-corrected chi connectivity index (χ1v) is 9.35. The number of fused-ring (bicyclic) bond motifs is 1. The summed E-state index contributed by atoms with van der Waals surface area (Å²) < 4.78 is 0. The van der Waals surface area contributed by atoms with Crippen LogP contribution >= 0.6 is 0 Å². The molecule has 29 heavy (non-hydrogen) atoms. The summed E-state index contributed by atoms with van der Waals surface area (Å²) in [6, 6.07) is 30.0. The highest BCUT2D eigenvalue weighted by atomic mass is 15.2. The largest absolute Gasteiger partial charge is 0.320 e. The molecule has 5 nitrogen and oxygen atoms in total. The number of imidazole rings is 1. The Bertz CT molecular complexity index is 1230. The van der Waals surface area contributed by atoms with Gasteiger partial charge in [0.15, 0.2) is 0 Å². The van der Waals surface area contributed by atoms with Crippen LogP contribution in [0.4, 0.5) is 11.6 Å². The second-order valence-electron chi connectivity index (χ2n) is 6.57. The Kier molecular flexibility index (Phi) is 4.39. The zero-order valence-corrected chi connectivity index (χ0v) is 15.5. The molecule has 0 saturated heterocycles. The van der Waals surface area contributed by atoms with Gasteiger partial charge in [0, 0.05) is 22.7 Å². The van der Waals surface area contributed by atoms with Crippen LogP contribution in [0.2, 0.25) is 0 Å². The monoisotopic (exact) mass is 375 g/mol. The molecule has 2 aromatic heterocycles. The van der Waals surface area contributed by atoms with Crippen LogP contribution in [0.25, 0.3) is 33.4 Å². The minimum atomic E-state index is 0.454. The van der Waals surface area contributed by atoms with Gasteiger partial charge in [-0.1, -0.05) is 78.9 Å². The van der Waals surface area contributed by atoms with Gasteiger partial charge in [-0.25, -0.2) is 4.98 Å². The first kappa shape index (κ1) is 17.0. The molecule has 5 aromatic rings. The van der Waals surface area contributed by atoms with Crippen molar-refractivity contribution in [2.24, 2.45) is 10.2 Å². The zero-order valence-electron chi connectivity index (χ0n) is 15.5. The smallest absolute Gasteiger partial charge is 0.247 e. The van der Waals surface area contributed by atoms with Crippen LogP contribution in [0.5, 0.6) is 0 Å². The maximum atomic E-state index is 4.72. The van der Waals surface area contributed by atoms with Gasteiger partial charge in [0.1, 0.15) is 5.69 Å². The van der Waals surface area contributed by atoms with Gasteiger partial charge < -0.3 is 4.98 Å². The van der Waals surface area contributed by atoms with Gasteiger partial charge in [0.2, 0.25) is 5.95 Å². The van der Waals surface area contributed by atoms with Crippen molar-refractivity contribution in [1.82, 2.24) is 15.0 Å². The fourth-order valence-corrected chi connectivity index (χ4v) is 3.30. The Hall–Kier alpha value is -4.12. The molecule has 0 saturated carbocycles. The molecule has 0 spiro atoms. The molecule has 0 unspecified atom stereocenters. The fraction of sp³-hybridized carbons (Fsp3) is 0. The lowest BCUT2D eigenvalue weighted by Gasteiger charge is -2.02. The van der Waals surface area contributed by atoms with E-state index < -0.39 is 0 Å². The van der Waals surface area contributed by atoms with Gasteiger partial charge in [0.25, 0.3) is 0 Å². The minimum absolute atomic E-state index is 0.454. The maximum Gasteiger partial charge on any atom is 0.247 e. The summed E-state index contributed by atoms with van der Waals surface area (Å²) in [5, 5.41) is 9.82. The van der Waals surface area contributed by atoms with Crippen LogP contribution in [0.1, 0.15) is 0 Å². The summed E-state index contributed by atoms with van der Waals surface area (Å²) in [6.07, 6.45) is 1.76. The van der Waals surface area contributed by atoms with E-state index in [0.717, 1.165) is 33.4 Å². The first-order valence-electron chi connectivity index (χ1n) is 9.35. The van der Waals surface area contributed by atoms with Gasteiger partial charge in [-0.2, -0.15) is 0 Å². The molecule has 138 valence electrons. The van der Waals surface area contributed by atoms with Crippen molar-refractivity contribution in [2.75, 3.05) is 0 Å². The Morgan fingerprint density at radius 3 is 2.17 bits per heavy atom. The van der Waals surface area contributed by atoms with Crippen LogP contribution in [-0.2, 0) is 0 Å². The standard InChI is InChI=1S/C24H17N5/c1-3-9-18(10-4-1)22-23(19-11-5-2-6-12-19)27-24(26-22)29-28-20-15-7-13-17-14-8-16-25-21(17)20/h1-16H,(H,26,27). The van der Waals surface area contributed by atoms with E-state index in [2.05, 4.69) is 32.3 Å². The van der Waals surface area contributed by atoms with E-state index >= 15 is 0 Å². The molecule has 0 aliphatic rings. The van der Waals surface area contributed by atoms with Crippen molar-refractivity contribution in [3.8, 4) is 22.5 Å². The molecular formula is C24H17N5. The second kappa shape index (κ2) is 7.48. The molecule has 3 aromatic carbocycles. The number of aromatic amines is 1.